The van der Waals surface area contributed by atoms with Crippen LogP contribution in [0.1, 0.15) is 31.2 Å². The fraction of sp³-hybridized carbons (Fsp3) is 0.636. The summed E-state index contributed by atoms with van der Waals surface area (Å²) in [6.45, 7) is 5.24. The molecule has 2 heterocycles. The molecule has 0 radical (unpaired) electrons. The number of ether oxygens (including phenoxy) is 1. The Labute approximate surface area is 167 Å². The van der Waals surface area contributed by atoms with Gasteiger partial charge in [0.15, 0.2) is 0 Å². The predicted octanol–water partition coefficient (Wildman–Crippen LogP) is 1.50. The Bertz CT molecular complexity index is 704. The van der Waals surface area contributed by atoms with E-state index in [-0.39, 0.29) is 23.3 Å². The van der Waals surface area contributed by atoms with Gasteiger partial charge in [0, 0.05) is 46.4 Å². The lowest BCUT2D eigenvalue weighted by molar-refractivity contribution is -0.133. The Morgan fingerprint density at radius 3 is 2.61 bits per heavy atom. The van der Waals surface area contributed by atoms with Crippen LogP contribution in [0.3, 0.4) is 0 Å². The number of methoxy groups -OCH3 is 1. The number of amides is 2. The normalized spacial score (nSPS) is 25.0. The van der Waals surface area contributed by atoms with E-state index < -0.39 is 0 Å². The molecule has 3 aliphatic rings. The first-order valence-corrected chi connectivity index (χ1v) is 10.5. The van der Waals surface area contributed by atoms with E-state index in [0.29, 0.717) is 13.2 Å². The highest BCUT2D eigenvalue weighted by Crippen LogP contribution is 2.49. The van der Waals surface area contributed by atoms with E-state index in [1.807, 2.05) is 28.0 Å². The Kier molecular flexibility index (Phi) is 5.69. The van der Waals surface area contributed by atoms with Gasteiger partial charge >= 0.3 is 0 Å². The Hall–Kier alpha value is -1.92. The van der Waals surface area contributed by atoms with Gasteiger partial charge < -0.3 is 14.5 Å². The van der Waals surface area contributed by atoms with E-state index in [1.165, 1.54) is 0 Å². The molecule has 1 aromatic carbocycles. The molecule has 1 unspecified atom stereocenters. The minimum absolute atomic E-state index is 0.0316. The van der Waals surface area contributed by atoms with Crippen LogP contribution in [0.15, 0.2) is 30.3 Å². The zero-order valence-electron chi connectivity index (χ0n) is 16.8. The second-order valence-corrected chi connectivity index (χ2v) is 8.25. The highest BCUT2D eigenvalue weighted by molar-refractivity contribution is 5.91. The number of hydrogen-bond donors (Lipinski definition) is 0. The maximum atomic E-state index is 13.3. The summed E-state index contributed by atoms with van der Waals surface area (Å²) in [5.74, 6) is 0.500. The van der Waals surface area contributed by atoms with E-state index in [2.05, 4.69) is 17.0 Å². The Balaban J connectivity index is 1.37. The van der Waals surface area contributed by atoms with Crippen molar-refractivity contribution in [2.45, 2.75) is 37.1 Å². The first-order chi connectivity index (χ1) is 13.7. The lowest BCUT2D eigenvalue weighted by Gasteiger charge is -2.28. The largest absolute Gasteiger partial charge is 0.383 e. The molecule has 2 saturated heterocycles. The maximum Gasteiger partial charge on any atom is 0.240 e. The lowest BCUT2D eigenvalue weighted by Crippen LogP contribution is -2.45. The van der Waals surface area contributed by atoms with Crippen molar-refractivity contribution in [3.63, 3.8) is 0 Å². The molecule has 2 amide bonds. The number of benzene rings is 1. The maximum absolute atomic E-state index is 13.3. The van der Waals surface area contributed by atoms with Crippen LogP contribution in [0.25, 0.3) is 0 Å². The monoisotopic (exact) mass is 385 g/mol. The quantitative estimate of drug-likeness (QED) is 0.745. The van der Waals surface area contributed by atoms with Crippen molar-refractivity contribution in [2.24, 2.45) is 0 Å². The van der Waals surface area contributed by atoms with E-state index in [0.717, 1.165) is 64.0 Å². The minimum Gasteiger partial charge on any atom is -0.383 e. The first kappa shape index (κ1) is 19.4. The fourth-order valence-electron chi connectivity index (χ4n) is 4.75. The third-order valence-electron chi connectivity index (χ3n) is 6.58. The van der Waals surface area contributed by atoms with Gasteiger partial charge in [-0.1, -0.05) is 30.3 Å². The topological polar surface area (TPSA) is 53.1 Å². The van der Waals surface area contributed by atoms with E-state index in [1.54, 1.807) is 7.11 Å². The summed E-state index contributed by atoms with van der Waals surface area (Å²) in [4.78, 5) is 32.3. The smallest absolute Gasteiger partial charge is 0.240 e. The Morgan fingerprint density at radius 1 is 1.11 bits per heavy atom. The minimum atomic E-state index is -0.295. The summed E-state index contributed by atoms with van der Waals surface area (Å²) in [6, 6.07) is 10.2. The van der Waals surface area contributed by atoms with Gasteiger partial charge in [-0.2, -0.15) is 0 Å². The zero-order valence-corrected chi connectivity index (χ0v) is 16.8. The highest BCUT2D eigenvalue weighted by Gasteiger charge is 2.53. The number of carbonyl (C=O) groups excluding carboxylic acids is 2. The molecule has 6 heteroatoms. The Morgan fingerprint density at radius 2 is 1.89 bits per heavy atom. The summed E-state index contributed by atoms with van der Waals surface area (Å²) >= 11 is 0. The molecule has 1 atom stereocenters. The highest BCUT2D eigenvalue weighted by atomic mass is 16.5. The van der Waals surface area contributed by atoms with Crippen molar-refractivity contribution in [3.05, 3.63) is 35.9 Å². The third kappa shape index (κ3) is 3.67. The third-order valence-corrected chi connectivity index (χ3v) is 6.58. The average Bonchev–Trinajstić information content (AvgIpc) is 3.50. The van der Waals surface area contributed by atoms with Crippen molar-refractivity contribution in [2.75, 3.05) is 53.0 Å². The predicted molar refractivity (Wildman–Crippen MR) is 107 cm³/mol. The molecule has 0 spiro atoms. The van der Waals surface area contributed by atoms with Crippen LogP contribution < -0.4 is 0 Å². The van der Waals surface area contributed by atoms with Gasteiger partial charge in [-0.25, -0.2) is 0 Å². The van der Waals surface area contributed by atoms with E-state index >= 15 is 0 Å². The van der Waals surface area contributed by atoms with Gasteiger partial charge in [0.25, 0.3) is 0 Å². The van der Waals surface area contributed by atoms with Gasteiger partial charge in [-0.3, -0.25) is 14.5 Å². The molecule has 1 saturated carbocycles. The number of carbonyl (C=O) groups is 2. The van der Waals surface area contributed by atoms with Crippen molar-refractivity contribution in [1.29, 1.82) is 0 Å². The van der Waals surface area contributed by atoms with Crippen LogP contribution in [0.5, 0.6) is 0 Å². The lowest BCUT2D eigenvalue weighted by atomic mass is 9.94. The van der Waals surface area contributed by atoms with E-state index in [4.69, 9.17) is 4.74 Å². The van der Waals surface area contributed by atoms with Gasteiger partial charge in [-0.05, 0) is 31.2 Å². The summed E-state index contributed by atoms with van der Waals surface area (Å²) in [5.41, 5.74) is 0.858. The van der Waals surface area contributed by atoms with Crippen LogP contribution in [-0.4, -0.2) is 85.5 Å². The summed E-state index contributed by atoms with van der Waals surface area (Å²) in [7, 11) is 1.67. The molecule has 0 aromatic heterocycles. The summed E-state index contributed by atoms with van der Waals surface area (Å²) in [5, 5.41) is 0. The number of rotatable bonds is 6. The summed E-state index contributed by atoms with van der Waals surface area (Å²) in [6.07, 6.45) is 3.71. The molecule has 2 aliphatic heterocycles. The van der Waals surface area contributed by atoms with Crippen molar-refractivity contribution >= 4 is 11.8 Å². The average molecular weight is 386 g/mol. The van der Waals surface area contributed by atoms with Crippen molar-refractivity contribution < 1.29 is 14.3 Å². The molecule has 152 valence electrons. The van der Waals surface area contributed by atoms with Crippen LogP contribution in [-0.2, 0) is 19.7 Å². The van der Waals surface area contributed by atoms with Crippen LogP contribution in [0.2, 0.25) is 0 Å². The second-order valence-electron chi connectivity index (χ2n) is 8.25. The molecule has 6 nitrogen and oxygen atoms in total. The molecule has 0 bridgehead atoms. The fourth-order valence-corrected chi connectivity index (χ4v) is 4.75. The van der Waals surface area contributed by atoms with Crippen LogP contribution in [0.4, 0.5) is 0 Å². The number of nitrogens with zero attached hydrogens (tertiary/aromatic N) is 3. The molecule has 0 N–H and O–H groups in total. The number of likely N-dealkylation sites (tertiary alicyclic amines) is 1. The molecular formula is C22H31N3O3. The number of hydrogen-bond acceptors (Lipinski definition) is 4. The molecular weight excluding hydrogens is 354 g/mol. The van der Waals surface area contributed by atoms with Crippen molar-refractivity contribution in [3.8, 4) is 0 Å². The SMILES string of the molecule is COCCN1CCC(N2CCCN(C(=O)C3(c4ccccc4)CC3)CC2)C1=O. The van der Waals surface area contributed by atoms with Gasteiger partial charge in [0.2, 0.25) is 11.8 Å². The molecule has 28 heavy (non-hydrogen) atoms. The molecule has 4 rings (SSSR count). The molecule has 1 aliphatic carbocycles. The first-order valence-electron chi connectivity index (χ1n) is 10.5. The van der Waals surface area contributed by atoms with Gasteiger partial charge in [0.05, 0.1) is 18.1 Å². The van der Waals surface area contributed by atoms with Crippen LogP contribution >= 0.6 is 0 Å². The van der Waals surface area contributed by atoms with E-state index in [9.17, 15) is 9.59 Å². The zero-order chi connectivity index (χ0) is 19.6. The van der Waals surface area contributed by atoms with Crippen molar-refractivity contribution in [1.82, 2.24) is 14.7 Å². The van der Waals surface area contributed by atoms with Gasteiger partial charge in [0.1, 0.15) is 0 Å². The van der Waals surface area contributed by atoms with Crippen LogP contribution in [0, 0.1) is 0 Å². The molecule has 3 fully saturated rings. The molecule has 1 aromatic rings. The second kappa shape index (κ2) is 8.21. The summed E-state index contributed by atoms with van der Waals surface area (Å²) < 4.78 is 5.12. The standard InChI is InChI=1S/C22H31N3O3/c1-28-17-16-24-13-8-19(20(24)26)23-11-5-12-25(15-14-23)21(27)22(9-10-22)18-6-3-2-4-7-18/h2-4,6-7,19H,5,8-17H2,1H3. The van der Waals surface area contributed by atoms with Gasteiger partial charge in [-0.15, -0.1) is 0 Å².